The van der Waals surface area contributed by atoms with Crippen LogP contribution in [0.3, 0.4) is 0 Å². The molecule has 4 rings (SSSR count). The van der Waals surface area contributed by atoms with Gasteiger partial charge in [0.25, 0.3) is 0 Å². The molecule has 0 aliphatic carbocycles. The summed E-state index contributed by atoms with van der Waals surface area (Å²) in [7, 11) is 0. The van der Waals surface area contributed by atoms with Crippen molar-refractivity contribution in [1.29, 1.82) is 0 Å². The molecule has 0 bridgehead atoms. The number of piperazine rings is 1. The number of fused-ring (bicyclic) bond motifs is 1. The smallest absolute Gasteiger partial charge is 0.328 e. The molecular weight excluding hydrogens is 540 g/mol. The molecule has 3 aromatic rings. The van der Waals surface area contributed by atoms with Crippen LogP contribution >= 0.6 is 11.3 Å². The van der Waals surface area contributed by atoms with Crippen molar-refractivity contribution in [3.8, 4) is 0 Å². The first-order chi connectivity index (χ1) is 19.1. The lowest BCUT2D eigenvalue weighted by Crippen LogP contribution is -2.47. The molecular formula is C27H30N4O8S. The van der Waals surface area contributed by atoms with Crippen LogP contribution < -0.4 is 10.2 Å². The number of nitrogens with one attached hydrogen (secondary N) is 1. The molecule has 0 amide bonds. The number of benzene rings is 2. The fraction of sp³-hybridized carbons (Fsp3) is 0.222. The van der Waals surface area contributed by atoms with E-state index >= 15 is 0 Å². The summed E-state index contributed by atoms with van der Waals surface area (Å²) in [6.45, 7) is 6.47. The minimum absolute atomic E-state index is 0.558. The van der Waals surface area contributed by atoms with Gasteiger partial charge in [-0.3, -0.25) is 4.90 Å². The Hall–Kier alpha value is -4.75. The first-order valence-corrected chi connectivity index (χ1v) is 12.9. The van der Waals surface area contributed by atoms with Gasteiger partial charge in [-0.1, -0.05) is 41.7 Å². The summed E-state index contributed by atoms with van der Waals surface area (Å²) in [6.07, 6.45) is 2.23. The van der Waals surface area contributed by atoms with Crippen LogP contribution in [0.25, 0.3) is 10.2 Å². The number of carboxylic acids is 4. The molecule has 1 aromatic heterocycles. The highest BCUT2D eigenvalue weighted by atomic mass is 32.1. The van der Waals surface area contributed by atoms with Crippen LogP contribution in [0.4, 0.5) is 10.8 Å². The Balaban J connectivity index is 0.000000290. The molecule has 0 unspecified atom stereocenters. The van der Waals surface area contributed by atoms with Crippen molar-refractivity contribution in [2.45, 2.75) is 0 Å². The lowest BCUT2D eigenvalue weighted by Gasteiger charge is -2.36. The molecule has 1 aliphatic rings. The quantitative estimate of drug-likeness (QED) is 0.238. The first kappa shape index (κ1) is 31.5. The van der Waals surface area contributed by atoms with Crippen molar-refractivity contribution in [3.05, 3.63) is 78.9 Å². The monoisotopic (exact) mass is 570 g/mol. The SMILES string of the molecule is O=C(O)C=CC(=O)O.O=C(O)C=CC(=O)O.c1ccc(N2CCN(CCNc3nc4ccccc4s3)CC2)cc1. The molecule has 40 heavy (non-hydrogen) atoms. The second-order valence-electron chi connectivity index (χ2n) is 8.10. The van der Waals surface area contributed by atoms with Gasteiger partial charge < -0.3 is 30.6 Å². The molecule has 0 saturated carbocycles. The lowest BCUT2D eigenvalue weighted by atomic mass is 10.2. The second kappa shape index (κ2) is 17.0. The van der Waals surface area contributed by atoms with E-state index in [0.717, 1.165) is 49.9 Å². The maximum atomic E-state index is 9.55. The van der Waals surface area contributed by atoms with Crippen LogP contribution in [0.2, 0.25) is 0 Å². The summed E-state index contributed by atoms with van der Waals surface area (Å²) >= 11 is 1.73. The van der Waals surface area contributed by atoms with Gasteiger partial charge in [0.1, 0.15) is 0 Å². The minimum Gasteiger partial charge on any atom is -0.478 e. The molecule has 2 heterocycles. The van der Waals surface area contributed by atoms with Gasteiger partial charge in [-0.2, -0.15) is 0 Å². The van der Waals surface area contributed by atoms with Gasteiger partial charge in [0.2, 0.25) is 0 Å². The third-order valence-electron chi connectivity index (χ3n) is 5.23. The van der Waals surface area contributed by atoms with Gasteiger partial charge in [-0.25, -0.2) is 24.2 Å². The van der Waals surface area contributed by atoms with E-state index in [2.05, 4.69) is 68.6 Å². The van der Waals surface area contributed by atoms with Gasteiger partial charge >= 0.3 is 23.9 Å². The maximum absolute atomic E-state index is 9.55. The molecule has 5 N–H and O–H groups in total. The van der Waals surface area contributed by atoms with Gasteiger partial charge in [-0.15, -0.1) is 0 Å². The molecule has 2 aromatic carbocycles. The molecule has 1 aliphatic heterocycles. The molecule has 0 atom stereocenters. The molecule has 0 spiro atoms. The highest BCUT2D eigenvalue weighted by Crippen LogP contribution is 2.25. The number of anilines is 2. The molecule has 1 fully saturated rings. The van der Waals surface area contributed by atoms with E-state index in [1.54, 1.807) is 11.3 Å². The Morgan fingerprint density at radius 1 is 0.750 bits per heavy atom. The molecule has 12 nitrogen and oxygen atoms in total. The fourth-order valence-corrected chi connectivity index (χ4v) is 4.31. The Kier molecular flexibility index (Phi) is 13.3. The van der Waals surface area contributed by atoms with E-state index in [1.807, 2.05) is 6.07 Å². The zero-order valence-corrected chi connectivity index (χ0v) is 22.2. The van der Waals surface area contributed by atoms with Crippen LogP contribution in [-0.2, 0) is 19.2 Å². The second-order valence-corrected chi connectivity index (χ2v) is 9.13. The number of aliphatic carboxylic acids is 4. The number of aromatic nitrogens is 1. The standard InChI is InChI=1S/C19H22N4S.2C4H4O4/c1-2-6-16(7-3-1)23-14-12-22(13-15-23)11-10-20-19-21-17-8-4-5-9-18(17)24-19;2*5-3(6)1-2-4(7)8/h1-9H,10-15H2,(H,20,21);2*1-2H,(H,5,6)(H,7,8). The summed E-state index contributed by atoms with van der Waals surface area (Å²) in [5.41, 5.74) is 2.42. The van der Waals surface area contributed by atoms with E-state index in [-0.39, 0.29) is 0 Å². The number of nitrogens with zero attached hydrogens (tertiary/aromatic N) is 3. The number of thiazole rings is 1. The Morgan fingerprint density at radius 3 is 1.75 bits per heavy atom. The van der Waals surface area contributed by atoms with Crippen molar-refractivity contribution in [2.75, 3.05) is 49.5 Å². The molecule has 0 radical (unpaired) electrons. The summed E-state index contributed by atoms with van der Waals surface area (Å²) < 4.78 is 1.25. The zero-order chi connectivity index (χ0) is 29.3. The van der Waals surface area contributed by atoms with Gasteiger partial charge in [0.05, 0.1) is 10.2 Å². The normalized spacial score (nSPS) is 13.2. The summed E-state index contributed by atoms with van der Waals surface area (Å²) in [5.74, 6) is -5.03. The van der Waals surface area contributed by atoms with E-state index in [9.17, 15) is 19.2 Å². The van der Waals surface area contributed by atoms with Crippen molar-refractivity contribution >= 4 is 56.2 Å². The molecule has 212 valence electrons. The maximum Gasteiger partial charge on any atom is 0.328 e. The Morgan fingerprint density at radius 2 is 1.25 bits per heavy atom. The highest BCUT2D eigenvalue weighted by molar-refractivity contribution is 7.22. The van der Waals surface area contributed by atoms with E-state index in [4.69, 9.17) is 20.4 Å². The third-order valence-corrected chi connectivity index (χ3v) is 6.22. The summed E-state index contributed by atoms with van der Waals surface area (Å²) in [4.78, 5) is 47.8. The number of carboxylic acid groups (broad SMARTS) is 4. The van der Waals surface area contributed by atoms with Crippen molar-refractivity contribution in [3.63, 3.8) is 0 Å². The topological polar surface area (TPSA) is 181 Å². The van der Waals surface area contributed by atoms with Crippen molar-refractivity contribution in [1.82, 2.24) is 9.88 Å². The Labute approximate surface area is 234 Å². The number of carbonyl (C=O) groups is 4. The number of hydrogen-bond donors (Lipinski definition) is 5. The highest BCUT2D eigenvalue weighted by Gasteiger charge is 2.16. The van der Waals surface area contributed by atoms with Gasteiger partial charge in [-0.05, 0) is 24.3 Å². The largest absolute Gasteiger partial charge is 0.478 e. The predicted octanol–water partition coefficient (Wildman–Crippen LogP) is 2.95. The summed E-state index contributed by atoms with van der Waals surface area (Å²) in [5, 5.41) is 35.8. The average molecular weight is 571 g/mol. The average Bonchev–Trinajstić information content (AvgIpc) is 3.35. The zero-order valence-electron chi connectivity index (χ0n) is 21.4. The van der Waals surface area contributed by atoms with Crippen LogP contribution in [0, 0.1) is 0 Å². The van der Waals surface area contributed by atoms with E-state index in [1.165, 1.54) is 10.4 Å². The fourth-order valence-electron chi connectivity index (χ4n) is 3.42. The third kappa shape index (κ3) is 12.7. The minimum atomic E-state index is -1.26. The lowest BCUT2D eigenvalue weighted by molar-refractivity contribution is -0.134. The first-order valence-electron chi connectivity index (χ1n) is 12.0. The molecule has 1 saturated heterocycles. The van der Waals surface area contributed by atoms with Crippen LogP contribution in [0.15, 0.2) is 78.9 Å². The van der Waals surface area contributed by atoms with Crippen LogP contribution in [0.1, 0.15) is 0 Å². The van der Waals surface area contributed by atoms with Crippen LogP contribution in [0.5, 0.6) is 0 Å². The summed E-state index contributed by atoms with van der Waals surface area (Å²) in [6, 6.07) is 19.0. The van der Waals surface area contributed by atoms with E-state index < -0.39 is 23.9 Å². The van der Waals surface area contributed by atoms with Crippen LogP contribution in [-0.4, -0.2) is 93.5 Å². The van der Waals surface area contributed by atoms with E-state index in [0.29, 0.717) is 24.3 Å². The number of hydrogen-bond acceptors (Lipinski definition) is 9. The predicted molar refractivity (Wildman–Crippen MR) is 152 cm³/mol. The number of para-hydroxylation sites is 2. The van der Waals surface area contributed by atoms with Gasteiger partial charge in [0, 0.05) is 69.3 Å². The van der Waals surface area contributed by atoms with Gasteiger partial charge in [0.15, 0.2) is 5.13 Å². The van der Waals surface area contributed by atoms with Crippen molar-refractivity contribution in [2.24, 2.45) is 0 Å². The van der Waals surface area contributed by atoms with Crippen molar-refractivity contribution < 1.29 is 39.6 Å². The Bertz CT molecular complexity index is 1220. The molecule has 13 heteroatoms. The number of rotatable bonds is 9.